The molecule has 0 bridgehead atoms. The summed E-state index contributed by atoms with van der Waals surface area (Å²) >= 11 is 0. The van der Waals surface area contributed by atoms with Crippen molar-refractivity contribution in [1.29, 1.82) is 0 Å². The number of H-pyrrole nitrogens is 1. The van der Waals surface area contributed by atoms with Crippen LogP contribution in [0.4, 0.5) is 5.69 Å². The maximum absolute atomic E-state index is 4.04. The number of benzene rings is 1. The number of fused-ring (bicyclic) bond motifs is 1. The van der Waals surface area contributed by atoms with Gasteiger partial charge in [-0.05, 0) is 29.8 Å². The fraction of sp³-hybridized carbons (Fsp3) is 0.0769. The van der Waals surface area contributed by atoms with Gasteiger partial charge in [0.15, 0.2) is 0 Å². The Morgan fingerprint density at radius 1 is 1.12 bits per heavy atom. The normalized spacial score (nSPS) is 10.6. The Balaban J connectivity index is 1.84. The van der Waals surface area contributed by atoms with Crippen molar-refractivity contribution in [3.8, 4) is 0 Å². The number of hydrogen-bond donors (Lipinski definition) is 2. The molecule has 0 fully saturated rings. The van der Waals surface area contributed by atoms with Crippen LogP contribution in [0, 0.1) is 0 Å². The lowest BCUT2D eigenvalue weighted by molar-refractivity contribution is 1.12. The van der Waals surface area contributed by atoms with Crippen LogP contribution in [-0.4, -0.2) is 15.2 Å². The van der Waals surface area contributed by atoms with Crippen molar-refractivity contribution < 1.29 is 0 Å². The average molecular weight is 224 g/mol. The Morgan fingerprint density at radius 2 is 2.00 bits per heavy atom. The number of aromatic amines is 1. The molecule has 4 nitrogen and oxygen atoms in total. The van der Waals surface area contributed by atoms with Crippen LogP contribution in [0.3, 0.4) is 0 Å². The molecule has 0 saturated heterocycles. The summed E-state index contributed by atoms with van der Waals surface area (Å²) in [4.78, 5) is 4.00. The van der Waals surface area contributed by atoms with E-state index in [0.717, 1.165) is 23.1 Å². The summed E-state index contributed by atoms with van der Waals surface area (Å²) in [6, 6.07) is 10.1. The zero-order valence-corrected chi connectivity index (χ0v) is 9.22. The SMILES string of the molecule is c1cc(NCc2ccncc2)c2cn[nH]c2c1. The van der Waals surface area contributed by atoms with E-state index in [0.29, 0.717) is 0 Å². The minimum atomic E-state index is 0.785. The monoisotopic (exact) mass is 224 g/mol. The van der Waals surface area contributed by atoms with Gasteiger partial charge in [-0.3, -0.25) is 10.1 Å². The van der Waals surface area contributed by atoms with Gasteiger partial charge >= 0.3 is 0 Å². The standard InChI is InChI=1S/C13H12N4/c1-2-12(11-9-16-17-13(11)3-1)15-8-10-4-6-14-7-5-10/h1-7,9,15H,8H2,(H,16,17). The van der Waals surface area contributed by atoms with E-state index >= 15 is 0 Å². The Hall–Kier alpha value is -2.36. The lowest BCUT2D eigenvalue weighted by atomic mass is 10.2. The van der Waals surface area contributed by atoms with Gasteiger partial charge in [0.25, 0.3) is 0 Å². The lowest BCUT2D eigenvalue weighted by Crippen LogP contribution is -1.99. The Kier molecular flexibility index (Phi) is 2.46. The molecule has 0 atom stereocenters. The van der Waals surface area contributed by atoms with E-state index in [1.54, 1.807) is 12.4 Å². The van der Waals surface area contributed by atoms with Gasteiger partial charge in [0.1, 0.15) is 0 Å². The number of nitrogens with zero attached hydrogens (tertiary/aromatic N) is 2. The summed E-state index contributed by atoms with van der Waals surface area (Å²) in [5.41, 5.74) is 3.35. The first kappa shape index (κ1) is 9.84. The van der Waals surface area contributed by atoms with E-state index in [1.165, 1.54) is 5.56 Å². The molecule has 17 heavy (non-hydrogen) atoms. The van der Waals surface area contributed by atoms with Crippen LogP contribution >= 0.6 is 0 Å². The predicted molar refractivity (Wildman–Crippen MR) is 67.7 cm³/mol. The first-order chi connectivity index (χ1) is 8.43. The molecule has 0 spiro atoms. The van der Waals surface area contributed by atoms with E-state index in [2.05, 4.69) is 26.6 Å². The molecule has 0 radical (unpaired) electrons. The van der Waals surface area contributed by atoms with Crippen molar-refractivity contribution in [1.82, 2.24) is 15.2 Å². The summed E-state index contributed by atoms with van der Waals surface area (Å²) in [6.07, 6.45) is 5.44. The van der Waals surface area contributed by atoms with E-state index in [-0.39, 0.29) is 0 Å². The van der Waals surface area contributed by atoms with Gasteiger partial charge in [0.05, 0.1) is 11.7 Å². The number of anilines is 1. The van der Waals surface area contributed by atoms with Gasteiger partial charge in [0.2, 0.25) is 0 Å². The zero-order chi connectivity index (χ0) is 11.5. The molecule has 0 saturated carbocycles. The van der Waals surface area contributed by atoms with Crippen LogP contribution in [0.5, 0.6) is 0 Å². The summed E-state index contributed by atoms with van der Waals surface area (Å²) < 4.78 is 0. The van der Waals surface area contributed by atoms with Crippen molar-refractivity contribution >= 4 is 16.6 Å². The predicted octanol–water partition coefficient (Wildman–Crippen LogP) is 2.57. The summed E-state index contributed by atoms with van der Waals surface area (Å²) in [6.45, 7) is 0.785. The fourth-order valence-electron chi connectivity index (χ4n) is 1.82. The van der Waals surface area contributed by atoms with Crippen molar-refractivity contribution in [3.05, 3.63) is 54.5 Å². The molecule has 2 aromatic heterocycles. The fourth-order valence-corrected chi connectivity index (χ4v) is 1.82. The molecular weight excluding hydrogens is 212 g/mol. The van der Waals surface area contributed by atoms with Crippen LogP contribution in [0.1, 0.15) is 5.56 Å². The first-order valence-corrected chi connectivity index (χ1v) is 5.48. The Labute approximate surface area is 98.7 Å². The average Bonchev–Trinajstić information content (AvgIpc) is 2.86. The maximum atomic E-state index is 4.04. The maximum Gasteiger partial charge on any atom is 0.0671 e. The molecule has 0 aliphatic carbocycles. The number of pyridine rings is 1. The second-order valence-electron chi connectivity index (χ2n) is 3.85. The van der Waals surface area contributed by atoms with Crippen molar-refractivity contribution in [2.24, 2.45) is 0 Å². The molecule has 2 heterocycles. The summed E-state index contributed by atoms with van der Waals surface area (Å²) in [7, 11) is 0. The van der Waals surface area contributed by atoms with Gasteiger partial charge in [-0.1, -0.05) is 6.07 Å². The smallest absolute Gasteiger partial charge is 0.0671 e. The summed E-state index contributed by atoms with van der Waals surface area (Å²) in [5, 5.41) is 11.5. The highest BCUT2D eigenvalue weighted by atomic mass is 15.1. The highest BCUT2D eigenvalue weighted by Crippen LogP contribution is 2.21. The molecule has 0 aliphatic heterocycles. The van der Waals surface area contributed by atoms with Crippen molar-refractivity contribution in [2.45, 2.75) is 6.54 Å². The lowest BCUT2D eigenvalue weighted by Gasteiger charge is -2.07. The van der Waals surface area contributed by atoms with Crippen LogP contribution in [0.2, 0.25) is 0 Å². The van der Waals surface area contributed by atoms with Gasteiger partial charge in [-0.2, -0.15) is 5.10 Å². The quantitative estimate of drug-likeness (QED) is 0.719. The number of rotatable bonds is 3. The third-order valence-corrected chi connectivity index (χ3v) is 2.72. The van der Waals surface area contributed by atoms with Crippen LogP contribution in [0.25, 0.3) is 10.9 Å². The molecule has 3 rings (SSSR count). The topological polar surface area (TPSA) is 53.6 Å². The van der Waals surface area contributed by atoms with Gasteiger partial charge < -0.3 is 5.32 Å². The largest absolute Gasteiger partial charge is 0.380 e. The van der Waals surface area contributed by atoms with Crippen molar-refractivity contribution in [2.75, 3.05) is 5.32 Å². The number of hydrogen-bond acceptors (Lipinski definition) is 3. The second kappa shape index (κ2) is 4.25. The highest BCUT2D eigenvalue weighted by molar-refractivity contribution is 5.90. The molecule has 0 unspecified atom stereocenters. The third kappa shape index (κ3) is 1.97. The van der Waals surface area contributed by atoms with E-state index in [9.17, 15) is 0 Å². The van der Waals surface area contributed by atoms with E-state index in [4.69, 9.17) is 0 Å². The molecule has 1 aromatic carbocycles. The Morgan fingerprint density at radius 3 is 2.88 bits per heavy atom. The highest BCUT2D eigenvalue weighted by Gasteiger charge is 2.01. The van der Waals surface area contributed by atoms with Crippen molar-refractivity contribution in [3.63, 3.8) is 0 Å². The number of nitrogens with one attached hydrogen (secondary N) is 2. The van der Waals surface area contributed by atoms with Crippen LogP contribution < -0.4 is 5.32 Å². The first-order valence-electron chi connectivity index (χ1n) is 5.48. The van der Waals surface area contributed by atoms with Crippen LogP contribution in [-0.2, 0) is 6.54 Å². The molecule has 0 aliphatic rings. The minimum Gasteiger partial charge on any atom is -0.380 e. The van der Waals surface area contributed by atoms with E-state index < -0.39 is 0 Å². The molecule has 2 N–H and O–H groups in total. The van der Waals surface area contributed by atoms with Gasteiger partial charge in [-0.25, -0.2) is 0 Å². The third-order valence-electron chi connectivity index (χ3n) is 2.72. The number of aromatic nitrogens is 3. The van der Waals surface area contributed by atoms with Gasteiger partial charge in [0, 0.05) is 30.0 Å². The van der Waals surface area contributed by atoms with Crippen LogP contribution in [0.15, 0.2) is 48.9 Å². The molecule has 0 amide bonds. The van der Waals surface area contributed by atoms with Gasteiger partial charge in [-0.15, -0.1) is 0 Å². The van der Waals surface area contributed by atoms with E-state index in [1.807, 2.05) is 30.5 Å². The zero-order valence-electron chi connectivity index (χ0n) is 9.22. The summed E-state index contributed by atoms with van der Waals surface area (Å²) in [5.74, 6) is 0. The molecule has 84 valence electrons. The molecule has 3 aromatic rings. The minimum absolute atomic E-state index is 0.785. The Bertz CT molecular complexity index is 615. The molecule has 4 heteroatoms. The second-order valence-corrected chi connectivity index (χ2v) is 3.85. The molecular formula is C13H12N4.